The van der Waals surface area contributed by atoms with Crippen LogP contribution in [0.5, 0.6) is 0 Å². The molecule has 4 aliphatic carbocycles. The maximum atomic E-state index is 14.6. The molecule has 0 spiro atoms. The van der Waals surface area contributed by atoms with Gasteiger partial charge in [0.15, 0.2) is 5.79 Å². The van der Waals surface area contributed by atoms with Crippen molar-refractivity contribution in [3.8, 4) is 6.07 Å². The van der Waals surface area contributed by atoms with Gasteiger partial charge < -0.3 is 24.1 Å². The van der Waals surface area contributed by atoms with Gasteiger partial charge in [0.2, 0.25) is 0 Å². The van der Waals surface area contributed by atoms with E-state index in [1.807, 2.05) is 6.07 Å². The molecule has 0 aromatic carbocycles. The number of H-pyrrole nitrogens is 1. The van der Waals surface area contributed by atoms with Crippen LogP contribution in [0.2, 0.25) is 0 Å². The SMILES string of the molecule is COC1(O[C@H]2C[C@H](n3ccc(=O)[nH]c3=O)O[C@@H]2COP(=O)(OCCC#N)O[C@H]2CC[C@@]3(C)C(=C[C@H](O)[C@H]4[C@@H]5CC[C@H]([C@H](C)CCCC(C)C)[C@@]5(C)CC[C@@H]43)C2)CCOCC1. The van der Waals surface area contributed by atoms with Crippen LogP contribution in [0.3, 0.4) is 0 Å². The van der Waals surface area contributed by atoms with Crippen LogP contribution in [0, 0.1) is 57.7 Å². The second kappa shape index (κ2) is 18.9. The van der Waals surface area contributed by atoms with E-state index in [4.69, 9.17) is 32.5 Å². The number of aromatic amines is 1. The fourth-order valence-corrected chi connectivity index (χ4v) is 13.9. The normalized spacial score (nSPS) is 37.6. The van der Waals surface area contributed by atoms with Crippen molar-refractivity contribution >= 4 is 7.82 Å². The van der Waals surface area contributed by atoms with Crippen molar-refractivity contribution in [2.75, 3.05) is 33.5 Å². The van der Waals surface area contributed by atoms with Crippen LogP contribution in [0.4, 0.5) is 0 Å². The Bertz CT molecular complexity index is 1870. The topological polar surface area (TPSA) is 181 Å². The molecule has 15 heteroatoms. The molecule has 6 aliphatic rings. The molecule has 3 saturated carbocycles. The highest BCUT2D eigenvalue weighted by Crippen LogP contribution is 2.68. The molecule has 0 bridgehead atoms. The second-order valence-electron chi connectivity index (χ2n) is 19.6. The van der Waals surface area contributed by atoms with Crippen LogP contribution in [0.1, 0.15) is 131 Å². The molecule has 2 aliphatic heterocycles. The Morgan fingerprint density at radius 3 is 2.55 bits per heavy atom. The van der Waals surface area contributed by atoms with Crippen molar-refractivity contribution in [2.24, 2.45) is 46.3 Å². The van der Waals surface area contributed by atoms with Crippen LogP contribution < -0.4 is 11.2 Å². The monoisotopic (exact) mass is 859 g/mol. The summed E-state index contributed by atoms with van der Waals surface area (Å²) in [5.74, 6) is 2.23. The van der Waals surface area contributed by atoms with Gasteiger partial charge in [0.05, 0.1) is 57.2 Å². The Morgan fingerprint density at radius 1 is 1.05 bits per heavy atom. The number of phosphoric acid groups is 1. The maximum Gasteiger partial charge on any atom is 0.475 e. The number of aromatic nitrogens is 2. The number of nitrogens with zero attached hydrogens (tertiary/aromatic N) is 2. The first kappa shape index (κ1) is 45.8. The fraction of sp³-hybridized carbons (Fsp3) is 0.844. The number of aliphatic hydroxyl groups is 1. The van der Waals surface area contributed by atoms with E-state index in [0.717, 1.165) is 24.3 Å². The molecule has 2 N–H and O–H groups in total. The third-order valence-electron chi connectivity index (χ3n) is 15.8. The molecule has 7 rings (SSSR count). The number of phosphoric ester groups is 1. The molecule has 60 heavy (non-hydrogen) atoms. The van der Waals surface area contributed by atoms with Gasteiger partial charge in [0.25, 0.3) is 5.56 Å². The lowest BCUT2D eigenvalue weighted by Gasteiger charge is -2.59. The molecule has 3 heterocycles. The first-order chi connectivity index (χ1) is 28.6. The highest BCUT2D eigenvalue weighted by Gasteiger charge is 2.61. The van der Waals surface area contributed by atoms with Gasteiger partial charge in [-0.25, -0.2) is 9.36 Å². The summed E-state index contributed by atoms with van der Waals surface area (Å²) in [6.07, 6.45) is 11.8. The third kappa shape index (κ3) is 9.51. The molecule has 0 amide bonds. The van der Waals surface area contributed by atoms with E-state index >= 15 is 0 Å². The number of nitrogens with one attached hydrogen (secondary N) is 1. The quantitative estimate of drug-likeness (QED) is 0.0672. The Morgan fingerprint density at radius 2 is 1.83 bits per heavy atom. The summed E-state index contributed by atoms with van der Waals surface area (Å²) in [5.41, 5.74) is 0.127. The summed E-state index contributed by atoms with van der Waals surface area (Å²) in [7, 11) is -2.71. The summed E-state index contributed by atoms with van der Waals surface area (Å²) >= 11 is 0. The van der Waals surface area contributed by atoms with Crippen molar-refractivity contribution in [3.05, 3.63) is 44.8 Å². The molecule has 5 fully saturated rings. The highest BCUT2D eigenvalue weighted by molar-refractivity contribution is 7.48. The minimum atomic E-state index is -4.28. The third-order valence-corrected chi connectivity index (χ3v) is 17.3. The summed E-state index contributed by atoms with van der Waals surface area (Å²) in [6.45, 7) is 12.4. The van der Waals surface area contributed by atoms with E-state index in [1.54, 1.807) is 7.11 Å². The van der Waals surface area contributed by atoms with Gasteiger partial charge in [-0.2, -0.15) is 5.26 Å². The summed E-state index contributed by atoms with van der Waals surface area (Å²) in [5, 5.41) is 21.3. The van der Waals surface area contributed by atoms with Crippen LogP contribution in [0.25, 0.3) is 0 Å². The van der Waals surface area contributed by atoms with Crippen molar-refractivity contribution in [1.82, 2.24) is 9.55 Å². The summed E-state index contributed by atoms with van der Waals surface area (Å²) < 4.78 is 58.4. The Balaban J connectivity index is 1.05. The highest BCUT2D eigenvalue weighted by atomic mass is 31.2. The van der Waals surface area contributed by atoms with Gasteiger partial charge in [-0.1, -0.05) is 65.5 Å². The molecule has 336 valence electrons. The lowest BCUT2D eigenvalue weighted by atomic mass is 9.46. The van der Waals surface area contributed by atoms with Crippen molar-refractivity contribution < 1.29 is 42.2 Å². The minimum absolute atomic E-state index is 0.0151. The van der Waals surface area contributed by atoms with Gasteiger partial charge in [-0.05, 0) is 91.3 Å². The Hall–Kier alpha value is -2.18. The predicted octanol–water partition coefficient (Wildman–Crippen LogP) is 7.81. The number of hydrogen-bond donors (Lipinski definition) is 2. The summed E-state index contributed by atoms with van der Waals surface area (Å²) in [4.78, 5) is 26.9. The Labute approximate surface area is 355 Å². The minimum Gasteiger partial charge on any atom is -0.389 e. The molecule has 13 atom stereocenters. The first-order valence-corrected chi connectivity index (χ1v) is 24.2. The van der Waals surface area contributed by atoms with Crippen LogP contribution in [-0.4, -0.2) is 78.4 Å². The van der Waals surface area contributed by atoms with Crippen LogP contribution in [0.15, 0.2) is 33.5 Å². The largest absolute Gasteiger partial charge is 0.475 e. The van der Waals surface area contributed by atoms with Gasteiger partial charge in [-0.15, -0.1) is 0 Å². The van der Waals surface area contributed by atoms with Gasteiger partial charge >= 0.3 is 13.5 Å². The average Bonchev–Trinajstić information content (AvgIpc) is 3.78. The lowest BCUT2D eigenvalue weighted by molar-refractivity contribution is -0.281. The molecule has 2 saturated heterocycles. The number of nitriles is 1. The number of rotatable bonds is 17. The fourth-order valence-electron chi connectivity index (χ4n) is 12.5. The molecule has 14 nitrogen and oxygen atoms in total. The van der Waals surface area contributed by atoms with E-state index in [-0.39, 0.29) is 42.8 Å². The number of fused-ring (bicyclic) bond motifs is 5. The average molecular weight is 860 g/mol. The molecule has 1 aromatic heterocycles. The van der Waals surface area contributed by atoms with E-state index < -0.39 is 55.5 Å². The predicted molar refractivity (Wildman–Crippen MR) is 224 cm³/mol. The van der Waals surface area contributed by atoms with E-state index in [0.29, 0.717) is 62.6 Å². The molecule has 1 unspecified atom stereocenters. The molecule has 0 radical (unpaired) electrons. The van der Waals surface area contributed by atoms with Gasteiger partial charge in [0.1, 0.15) is 12.3 Å². The number of hydrogen-bond acceptors (Lipinski definition) is 12. The number of methoxy groups -OCH3 is 1. The van der Waals surface area contributed by atoms with Crippen LogP contribution >= 0.6 is 7.82 Å². The van der Waals surface area contributed by atoms with Gasteiger partial charge in [0, 0.05) is 38.6 Å². The first-order valence-electron chi connectivity index (χ1n) is 22.7. The van der Waals surface area contributed by atoms with Crippen molar-refractivity contribution in [1.29, 1.82) is 5.26 Å². The molecule has 1 aromatic rings. The summed E-state index contributed by atoms with van der Waals surface area (Å²) in [6, 6.07) is 3.27. The van der Waals surface area contributed by atoms with Gasteiger partial charge in [-0.3, -0.25) is 27.9 Å². The zero-order valence-corrected chi connectivity index (χ0v) is 37.6. The van der Waals surface area contributed by atoms with E-state index in [9.17, 15) is 24.5 Å². The zero-order chi connectivity index (χ0) is 42.9. The lowest BCUT2D eigenvalue weighted by Crippen LogP contribution is -2.55. The number of aliphatic hydroxyl groups excluding tert-OH is 1. The van der Waals surface area contributed by atoms with Crippen molar-refractivity contribution in [3.63, 3.8) is 0 Å². The molecular formula is C45H70N3O11P. The Kier molecular flexibility index (Phi) is 14.4. The van der Waals surface area contributed by atoms with E-state index in [1.165, 1.54) is 55.4 Å². The number of ether oxygens (including phenoxy) is 4. The molecular weight excluding hydrogens is 789 g/mol. The zero-order valence-electron chi connectivity index (χ0n) is 36.7. The smallest absolute Gasteiger partial charge is 0.389 e. The second-order valence-corrected chi connectivity index (χ2v) is 21.3. The van der Waals surface area contributed by atoms with Crippen LogP contribution in [-0.2, 0) is 37.1 Å². The standard InChI is InChI=1S/C45H70N3O11P/c1-29(2)9-7-10-30(3)33-11-12-34-41-35(14-17-44(33,34)5)43(4)16-13-32(25-31(43)26-36(41)49)59-60(52,55-22-8-20-46)56-28-38-37(58-45(53-6)18-23-54-24-19-45)27-40(57-38)48-21-15-39(50)47-42(48)51/h15,21,26,29-30,32-38,40-41,49H,7-14,16-19,22-25,27-28H2,1-6H3,(H,47,50,51)/t30-,32+,33-,34+,35+,36+,37+,38-,40-,41+,43+,44-,60?/m1/s1. The van der Waals surface area contributed by atoms with E-state index in [2.05, 4.69) is 45.7 Å². The maximum absolute atomic E-state index is 14.6. The van der Waals surface area contributed by atoms with Crippen molar-refractivity contribution in [2.45, 2.75) is 161 Å².